The first-order valence-corrected chi connectivity index (χ1v) is 12.5. The summed E-state index contributed by atoms with van der Waals surface area (Å²) in [5.74, 6) is 0.168. The third kappa shape index (κ3) is 4.26. The number of hydrogen-bond acceptors (Lipinski definition) is 6. The van der Waals surface area contributed by atoms with Crippen molar-refractivity contribution in [3.63, 3.8) is 0 Å². The maximum atomic E-state index is 12.3. The number of carbonyl (C=O) groups is 2. The van der Waals surface area contributed by atoms with Crippen LogP contribution in [-0.2, 0) is 26.2 Å². The van der Waals surface area contributed by atoms with Gasteiger partial charge in [0.05, 0.1) is 6.10 Å². The van der Waals surface area contributed by atoms with Gasteiger partial charge in [0.2, 0.25) is 0 Å². The molecule has 0 aromatic heterocycles. The summed E-state index contributed by atoms with van der Waals surface area (Å²) in [6.07, 6.45) is 7.96. The van der Waals surface area contributed by atoms with Gasteiger partial charge in [0, 0.05) is 43.5 Å². The molecule has 0 amide bonds. The fourth-order valence-corrected chi connectivity index (χ4v) is 6.86. The molecule has 0 spiro atoms. The maximum absolute atomic E-state index is 12.3. The van der Waals surface area contributed by atoms with Crippen molar-refractivity contribution >= 4 is 11.9 Å². The highest BCUT2D eigenvalue weighted by molar-refractivity contribution is 5.75. The number of methoxy groups -OCH3 is 1. The zero-order valence-electron chi connectivity index (χ0n) is 19.4. The van der Waals surface area contributed by atoms with E-state index in [9.17, 15) is 14.7 Å². The molecule has 1 heterocycles. The van der Waals surface area contributed by atoms with Gasteiger partial charge in [0.15, 0.2) is 11.5 Å². The Kier molecular flexibility index (Phi) is 6.12. The van der Waals surface area contributed by atoms with E-state index in [0.29, 0.717) is 12.0 Å². The van der Waals surface area contributed by atoms with E-state index in [1.54, 1.807) is 13.2 Å². The minimum absolute atomic E-state index is 0.0144. The Hall–Kier alpha value is -2.12. The molecule has 1 saturated heterocycles. The average molecular weight is 458 g/mol. The second kappa shape index (κ2) is 8.91. The van der Waals surface area contributed by atoms with Crippen LogP contribution in [0.2, 0.25) is 0 Å². The van der Waals surface area contributed by atoms with E-state index in [0.717, 1.165) is 55.7 Å². The molecule has 2 unspecified atom stereocenters. The highest BCUT2D eigenvalue weighted by atomic mass is 16.5. The van der Waals surface area contributed by atoms with Gasteiger partial charge < -0.3 is 19.7 Å². The lowest BCUT2D eigenvalue weighted by atomic mass is 9.51. The summed E-state index contributed by atoms with van der Waals surface area (Å²) >= 11 is 0. The first-order chi connectivity index (χ1) is 15.9. The van der Waals surface area contributed by atoms with Crippen molar-refractivity contribution in [3.8, 4) is 11.5 Å². The predicted octanol–water partition coefficient (Wildman–Crippen LogP) is 3.65. The molecule has 4 aliphatic rings. The number of likely N-dealkylation sites (tertiary alicyclic amines) is 1. The van der Waals surface area contributed by atoms with Gasteiger partial charge in [-0.05, 0) is 81.4 Å². The number of aliphatic carboxylic acids is 1. The zero-order valence-corrected chi connectivity index (χ0v) is 19.4. The third-order valence-corrected chi connectivity index (χ3v) is 8.55. The third-order valence-electron chi connectivity index (χ3n) is 8.55. The van der Waals surface area contributed by atoms with Crippen LogP contribution in [0.25, 0.3) is 0 Å². The summed E-state index contributed by atoms with van der Waals surface area (Å²) in [7, 11) is 1.78. The lowest BCUT2D eigenvalue weighted by Gasteiger charge is -2.60. The lowest BCUT2D eigenvalue weighted by molar-refractivity contribution is -0.137. The van der Waals surface area contributed by atoms with Crippen LogP contribution in [0.1, 0.15) is 68.9 Å². The van der Waals surface area contributed by atoms with Gasteiger partial charge in [-0.2, -0.15) is 0 Å². The summed E-state index contributed by atoms with van der Waals surface area (Å²) < 4.78 is 11.3. The van der Waals surface area contributed by atoms with Crippen LogP contribution in [-0.4, -0.2) is 59.4 Å². The minimum atomic E-state index is -0.933. The second-order valence-electron chi connectivity index (χ2n) is 10.5. The van der Waals surface area contributed by atoms with E-state index in [1.165, 1.54) is 19.4 Å². The minimum Gasteiger partial charge on any atom is -0.504 e. The van der Waals surface area contributed by atoms with E-state index in [4.69, 9.17) is 14.6 Å². The van der Waals surface area contributed by atoms with Crippen molar-refractivity contribution in [3.05, 3.63) is 23.3 Å². The summed E-state index contributed by atoms with van der Waals surface area (Å²) in [6.45, 7) is 2.23. The summed E-state index contributed by atoms with van der Waals surface area (Å²) in [4.78, 5) is 25.7. The molecule has 3 aliphatic carbocycles. The van der Waals surface area contributed by atoms with Gasteiger partial charge in [-0.3, -0.25) is 14.5 Å². The largest absolute Gasteiger partial charge is 0.504 e. The molecule has 2 N–H and O–H groups in total. The number of phenols is 1. The van der Waals surface area contributed by atoms with Crippen molar-refractivity contribution in [1.29, 1.82) is 0 Å². The molecule has 7 heteroatoms. The van der Waals surface area contributed by atoms with Gasteiger partial charge in [0.25, 0.3) is 0 Å². The molecule has 33 heavy (non-hydrogen) atoms. The van der Waals surface area contributed by atoms with Gasteiger partial charge in [-0.15, -0.1) is 0 Å². The zero-order chi connectivity index (χ0) is 23.2. The number of aromatic hydroxyl groups is 1. The molecule has 1 aromatic rings. The van der Waals surface area contributed by atoms with Crippen LogP contribution >= 0.6 is 0 Å². The summed E-state index contributed by atoms with van der Waals surface area (Å²) in [5, 5.41) is 20.2. The molecule has 0 radical (unpaired) electrons. The number of benzene rings is 1. The molecule has 3 fully saturated rings. The number of carbonyl (C=O) groups excluding carboxylic acids is 1. The second-order valence-corrected chi connectivity index (χ2v) is 10.5. The number of carboxylic acids is 1. The van der Waals surface area contributed by atoms with Gasteiger partial charge >= 0.3 is 11.9 Å². The van der Waals surface area contributed by atoms with Gasteiger partial charge in [-0.1, -0.05) is 6.07 Å². The van der Waals surface area contributed by atoms with Crippen LogP contribution in [0, 0.1) is 11.8 Å². The average Bonchev–Trinajstić information content (AvgIpc) is 3.60. The number of phenolic OH excluding ortho intramolecular Hbond substituents is 1. The van der Waals surface area contributed by atoms with Crippen molar-refractivity contribution < 1.29 is 29.3 Å². The van der Waals surface area contributed by atoms with Crippen LogP contribution in [0.15, 0.2) is 12.1 Å². The van der Waals surface area contributed by atoms with Crippen LogP contribution in [0.4, 0.5) is 0 Å². The van der Waals surface area contributed by atoms with Crippen LogP contribution in [0.3, 0.4) is 0 Å². The molecule has 5 rings (SSSR count). The number of piperidine rings is 1. The van der Waals surface area contributed by atoms with Crippen molar-refractivity contribution in [1.82, 2.24) is 4.90 Å². The van der Waals surface area contributed by atoms with Crippen LogP contribution < -0.4 is 4.74 Å². The van der Waals surface area contributed by atoms with Crippen LogP contribution in [0.5, 0.6) is 11.5 Å². The first kappa shape index (κ1) is 22.7. The molecular formula is C26H35NO6. The molecule has 4 atom stereocenters. The molecule has 1 aliphatic heterocycles. The maximum Gasteiger partial charge on any atom is 0.311 e. The fraction of sp³-hybridized carbons (Fsp3) is 0.692. The first-order valence-electron chi connectivity index (χ1n) is 12.5. The number of fused-ring (bicyclic) bond motifs is 1. The molecular weight excluding hydrogens is 422 g/mol. The highest BCUT2D eigenvalue weighted by Crippen LogP contribution is 2.59. The van der Waals surface area contributed by atoms with E-state index >= 15 is 0 Å². The summed E-state index contributed by atoms with van der Waals surface area (Å²) in [5.41, 5.74) is 1.97. The quantitative estimate of drug-likeness (QED) is 0.454. The Morgan fingerprint density at radius 1 is 1.18 bits per heavy atom. The SMILES string of the molecule is COC1CCC2[C@H]3Cc4ccc(OC(=O)CCCC(=O)O)c(O)c4[C@@]2(CCN3CC2CC2)C1. The highest BCUT2D eigenvalue weighted by Gasteiger charge is 2.57. The molecule has 180 valence electrons. The summed E-state index contributed by atoms with van der Waals surface area (Å²) in [6, 6.07) is 4.22. The number of hydrogen-bond donors (Lipinski definition) is 2. The van der Waals surface area contributed by atoms with Gasteiger partial charge in [0.1, 0.15) is 0 Å². The molecule has 2 saturated carbocycles. The number of esters is 1. The molecule has 1 aromatic carbocycles. The van der Waals surface area contributed by atoms with Gasteiger partial charge in [-0.25, -0.2) is 0 Å². The normalized spacial score (nSPS) is 30.9. The van der Waals surface area contributed by atoms with Crippen molar-refractivity contribution in [2.75, 3.05) is 20.2 Å². The Bertz CT molecular complexity index is 928. The predicted molar refractivity (Wildman–Crippen MR) is 121 cm³/mol. The Morgan fingerprint density at radius 2 is 2.00 bits per heavy atom. The Morgan fingerprint density at radius 3 is 2.73 bits per heavy atom. The molecule has 2 bridgehead atoms. The van der Waals surface area contributed by atoms with E-state index in [2.05, 4.69) is 4.90 Å². The van der Waals surface area contributed by atoms with E-state index < -0.39 is 11.9 Å². The Balaban J connectivity index is 1.45. The van der Waals surface area contributed by atoms with E-state index in [1.807, 2.05) is 6.07 Å². The monoisotopic (exact) mass is 457 g/mol. The number of ether oxygens (including phenoxy) is 2. The number of nitrogens with zero attached hydrogens (tertiary/aromatic N) is 1. The Labute approximate surface area is 195 Å². The number of rotatable bonds is 8. The standard InChI is InChI=1S/C26H35NO6/c1-32-18-8-9-19-20-13-17-7-10-21(33-23(30)4-2-3-22(28)29)25(31)24(17)26(19,14-18)11-12-27(20)15-16-5-6-16/h7,10,16,18-20,31H,2-6,8-9,11-15H2,1H3,(H,28,29)/t18?,19?,20-,26+/m1/s1. The number of carboxylic acid groups (broad SMARTS) is 1. The fourth-order valence-electron chi connectivity index (χ4n) is 6.86. The lowest BCUT2D eigenvalue weighted by Crippen LogP contribution is -2.62. The van der Waals surface area contributed by atoms with Crippen molar-refractivity contribution in [2.24, 2.45) is 11.8 Å². The molecule has 7 nitrogen and oxygen atoms in total. The van der Waals surface area contributed by atoms with Crippen molar-refractivity contribution in [2.45, 2.75) is 81.8 Å². The topological polar surface area (TPSA) is 96.3 Å². The smallest absolute Gasteiger partial charge is 0.311 e. The van der Waals surface area contributed by atoms with E-state index in [-0.39, 0.29) is 42.3 Å².